The summed E-state index contributed by atoms with van der Waals surface area (Å²) in [5.41, 5.74) is 8.12. The Labute approximate surface area is 164 Å². The Balaban J connectivity index is 2.01. The van der Waals surface area contributed by atoms with E-state index in [4.69, 9.17) is 10.5 Å². The van der Waals surface area contributed by atoms with Gasteiger partial charge in [-0.15, -0.1) is 0 Å². The quantitative estimate of drug-likeness (QED) is 0.792. The molecule has 146 valence electrons. The third kappa shape index (κ3) is 3.58. The first kappa shape index (κ1) is 19.5. The van der Waals surface area contributed by atoms with Gasteiger partial charge in [-0.1, -0.05) is 25.3 Å². The molecule has 1 amide bonds. The molecule has 1 fully saturated rings. The highest BCUT2D eigenvalue weighted by Gasteiger charge is 2.24. The summed E-state index contributed by atoms with van der Waals surface area (Å²) in [7, 11) is 1.26. The first-order valence-corrected chi connectivity index (χ1v) is 9.38. The van der Waals surface area contributed by atoms with Crippen LogP contribution in [-0.4, -0.2) is 29.6 Å². The van der Waals surface area contributed by atoms with Crippen LogP contribution in [0.3, 0.4) is 0 Å². The Kier molecular flexibility index (Phi) is 5.69. The van der Waals surface area contributed by atoms with Crippen LogP contribution in [0.25, 0.3) is 5.69 Å². The number of nitriles is 1. The first-order chi connectivity index (χ1) is 13.5. The molecule has 0 atom stereocenters. The number of rotatable bonds is 4. The molecule has 0 radical (unpaired) electrons. The van der Waals surface area contributed by atoms with E-state index in [0.29, 0.717) is 16.8 Å². The SMILES string of the molecule is COC(=O)c1c(N)c(C#N)cn1-c1cccc(C(=O)NC2CCCCC2)c1C. The van der Waals surface area contributed by atoms with Gasteiger partial charge in [0.2, 0.25) is 0 Å². The van der Waals surface area contributed by atoms with Crippen LogP contribution in [0.1, 0.15) is 64.1 Å². The number of aromatic nitrogens is 1. The summed E-state index contributed by atoms with van der Waals surface area (Å²) < 4.78 is 6.35. The predicted octanol–water partition coefficient (Wildman–Crippen LogP) is 3.09. The lowest BCUT2D eigenvalue weighted by atomic mass is 9.95. The van der Waals surface area contributed by atoms with Crippen molar-refractivity contribution in [1.82, 2.24) is 9.88 Å². The average molecular weight is 380 g/mol. The van der Waals surface area contributed by atoms with E-state index >= 15 is 0 Å². The van der Waals surface area contributed by atoms with Gasteiger partial charge in [0, 0.05) is 23.5 Å². The zero-order valence-corrected chi connectivity index (χ0v) is 16.1. The molecule has 1 saturated carbocycles. The van der Waals surface area contributed by atoms with Crippen LogP contribution in [0.5, 0.6) is 0 Å². The van der Waals surface area contributed by atoms with Gasteiger partial charge in [-0.25, -0.2) is 4.79 Å². The standard InChI is InChI=1S/C21H24N4O3/c1-13-16(20(26)24-15-7-4-3-5-8-15)9-6-10-17(13)25-12-14(11-22)18(23)19(25)21(27)28-2/h6,9-10,12,15H,3-5,7-8,23H2,1-2H3,(H,24,26). The molecule has 1 aliphatic carbocycles. The number of ether oxygens (including phenoxy) is 1. The Morgan fingerprint density at radius 2 is 2.00 bits per heavy atom. The summed E-state index contributed by atoms with van der Waals surface area (Å²) in [6.45, 7) is 1.81. The van der Waals surface area contributed by atoms with Gasteiger partial charge in [-0.05, 0) is 37.5 Å². The fraction of sp³-hybridized carbons (Fsp3) is 0.381. The third-order valence-corrected chi connectivity index (χ3v) is 5.29. The summed E-state index contributed by atoms with van der Waals surface area (Å²) in [6, 6.07) is 7.47. The summed E-state index contributed by atoms with van der Waals surface area (Å²) in [6.07, 6.45) is 6.96. The second-order valence-corrected chi connectivity index (χ2v) is 7.04. The lowest BCUT2D eigenvalue weighted by Gasteiger charge is -2.23. The number of amides is 1. The van der Waals surface area contributed by atoms with Crippen molar-refractivity contribution in [2.45, 2.75) is 45.1 Å². The van der Waals surface area contributed by atoms with Gasteiger partial charge in [0.15, 0.2) is 5.69 Å². The highest BCUT2D eigenvalue weighted by molar-refractivity contribution is 5.98. The molecule has 1 aliphatic rings. The molecule has 2 aromatic rings. The fourth-order valence-electron chi connectivity index (χ4n) is 3.75. The average Bonchev–Trinajstić information content (AvgIpc) is 3.04. The molecule has 7 heteroatoms. The maximum atomic E-state index is 12.8. The van der Waals surface area contributed by atoms with Crippen LogP contribution in [0, 0.1) is 18.3 Å². The largest absolute Gasteiger partial charge is 0.464 e. The van der Waals surface area contributed by atoms with Crippen LogP contribution >= 0.6 is 0 Å². The molecule has 1 aromatic heterocycles. The molecular weight excluding hydrogens is 356 g/mol. The van der Waals surface area contributed by atoms with Crippen LogP contribution < -0.4 is 11.1 Å². The van der Waals surface area contributed by atoms with Gasteiger partial charge < -0.3 is 20.4 Å². The van der Waals surface area contributed by atoms with E-state index in [2.05, 4.69) is 5.32 Å². The molecule has 0 aliphatic heterocycles. The molecule has 7 nitrogen and oxygen atoms in total. The van der Waals surface area contributed by atoms with Crippen molar-refractivity contribution in [2.75, 3.05) is 12.8 Å². The van der Waals surface area contributed by atoms with Crippen LogP contribution in [0.15, 0.2) is 24.4 Å². The van der Waals surface area contributed by atoms with E-state index in [0.717, 1.165) is 25.7 Å². The third-order valence-electron chi connectivity index (χ3n) is 5.29. The Morgan fingerprint density at radius 3 is 2.64 bits per heavy atom. The molecule has 0 unspecified atom stereocenters. The maximum Gasteiger partial charge on any atom is 0.357 e. The van der Waals surface area contributed by atoms with Crippen molar-refractivity contribution in [2.24, 2.45) is 0 Å². The van der Waals surface area contributed by atoms with Gasteiger partial charge in [-0.3, -0.25) is 4.79 Å². The normalized spacial score (nSPS) is 14.3. The topological polar surface area (TPSA) is 110 Å². The van der Waals surface area contributed by atoms with Crippen molar-refractivity contribution in [3.05, 3.63) is 46.8 Å². The highest BCUT2D eigenvalue weighted by Crippen LogP contribution is 2.28. The number of nitrogen functional groups attached to an aromatic ring is 1. The van der Waals surface area contributed by atoms with E-state index in [1.807, 2.05) is 13.0 Å². The lowest BCUT2D eigenvalue weighted by molar-refractivity contribution is 0.0593. The van der Waals surface area contributed by atoms with Crippen LogP contribution in [-0.2, 0) is 4.74 Å². The number of hydrogen-bond acceptors (Lipinski definition) is 5. The van der Waals surface area contributed by atoms with Gasteiger partial charge in [-0.2, -0.15) is 5.26 Å². The number of nitrogens with two attached hydrogens (primary N) is 1. The van der Waals surface area contributed by atoms with Crippen molar-refractivity contribution in [3.63, 3.8) is 0 Å². The second-order valence-electron chi connectivity index (χ2n) is 7.04. The van der Waals surface area contributed by atoms with Crippen molar-refractivity contribution >= 4 is 17.6 Å². The Bertz CT molecular complexity index is 949. The van der Waals surface area contributed by atoms with E-state index in [9.17, 15) is 14.9 Å². The Hall–Kier alpha value is -3.27. The number of nitrogens with one attached hydrogen (secondary N) is 1. The van der Waals surface area contributed by atoms with Crippen LogP contribution in [0.2, 0.25) is 0 Å². The van der Waals surface area contributed by atoms with Crippen LogP contribution in [0.4, 0.5) is 5.69 Å². The number of esters is 1. The number of carbonyl (C=O) groups excluding carboxylic acids is 2. The number of anilines is 1. The van der Waals surface area contributed by atoms with E-state index in [1.54, 1.807) is 18.2 Å². The molecule has 3 rings (SSSR count). The van der Waals surface area contributed by atoms with Gasteiger partial charge in [0.25, 0.3) is 5.91 Å². The molecular formula is C21H24N4O3. The van der Waals surface area contributed by atoms with Gasteiger partial charge in [0.1, 0.15) is 6.07 Å². The fourth-order valence-corrected chi connectivity index (χ4v) is 3.75. The van der Waals surface area contributed by atoms with Crippen molar-refractivity contribution < 1.29 is 14.3 Å². The predicted molar refractivity (Wildman–Crippen MR) is 105 cm³/mol. The molecule has 28 heavy (non-hydrogen) atoms. The minimum absolute atomic E-state index is 0.0609. The van der Waals surface area contributed by atoms with E-state index in [1.165, 1.54) is 24.3 Å². The monoisotopic (exact) mass is 380 g/mol. The maximum absolute atomic E-state index is 12.8. The minimum atomic E-state index is -0.643. The first-order valence-electron chi connectivity index (χ1n) is 9.38. The molecule has 1 heterocycles. The van der Waals surface area contributed by atoms with Gasteiger partial charge >= 0.3 is 5.97 Å². The lowest BCUT2D eigenvalue weighted by Crippen LogP contribution is -2.36. The zero-order chi connectivity index (χ0) is 20.3. The van der Waals surface area contributed by atoms with E-state index in [-0.39, 0.29) is 28.9 Å². The molecule has 1 aromatic carbocycles. The number of methoxy groups -OCH3 is 1. The molecule has 0 bridgehead atoms. The minimum Gasteiger partial charge on any atom is -0.464 e. The van der Waals surface area contributed by atoms with Crippen molar-refractivity contribution in [3.8, 4) is 11.8 Å². The smallest absolute Gasteiger partial charge is 0.357 e. The second kappa shape index (κ2) is 8.17. The summed E-state index contributed by atoms with van der Waals surface area (Å²) in [5, 5.41) is 12.4. The van der Waals surface area contributed by atoms with Gasteiger partial charge in [0.05, 0.1) is 18.4 Å². The molecule has 3 N–H and O–H groups in total. The number of hydrogen-bond donors (Lipinski definition) is 2. The summed E-state index contributed by atoms with van der Waals surface area (Å²) >= 11 is 0. The molecule has 0 spiro atoms. The molecule has 0 saturated heterocycles. The summed E-state index contributed by atoms with van der Waals surface area (Å²) in [5.74, 6) is -0.776. The number of carbonyl (C=O) groups is 2. The highest BCUT2D eigenvalue weighted by atomic mass is 16.5. The number of benzene rings is 1. The van der Waals surface area contributed by atoms with Crippen molar-refractivity contribution in [1.29, 1.82) is 5.26 Å². The van der Waals surface area contributed by atoms with E-state index < -0.39 is 5.97 Å². The zero-order valence-electron chi connectivity index (χ0n) is 16.1. The number of nitrogens with zero attached hydrogens (tertiary/aromatic N) is 2. The summed E-state index contributed by atoms with van der Waals surface area (Å²) in [4.78, 5) is 25.1. The Morgan fingerprint density at radius 1 is 1.29 bits per heavy atom.